The monoisotopic (exact) mass is 436 g/mol. The molecule has 8 nitrogen and oxygen atoms in total. The van der Waals surface area contributed by atoms with Crippen molar-refractivity contribution in [2.24, 2.45) is 5.10 Å². The largest absolute Gasteiger partial charge is 0.385 e. The Hall–Kier alpha value is -3.49. The number of para-hydroxylation sites is 2. The lowest BCUT2D eigenvalue weighted by atomic mass is 10.2. The first kappa shape index (κ1) is 20.8. The average molecular weight is 437 g/mol. The Morgan fingerprint density at radius 2 is 2.00 bits per heavy atom. The summed E-state index contributed by atoms with van der Waals surface area (Å²) in [7, 11) is 1.62. The third-order valence-corrected chi connectivity index (χ3v) is 4.92. The summed E-state index contributed by atoms with van der Waals surface area (Å²) in [5.74, 6) is -0.173. The van der Waals surface area contributed by atoms with Gasteiger partial charge >= 0.3 is 0 Å². The fraction of sp³-hybridized carbons (Fsp3) is 0.182. The van der Waals surface area contributed by atoms with Gasteiger partial charge in [-0.2, -0.15) is 9.78 Å². The molecule has 0 spiro atoms. The molecule has 0 radical (unpaired) electrons. The minimum absolute atomic E-state index is 0.160. The number of nitrogens with two attached hydrogens (primary N) is 1. The first-order valence-corrected chi connectivity index (χ1v) is 10.1. The maximum atomic E-state index is 12.9. The molecule has 0 saturated heterocycles. The number of ether oxygens (including phenoxy) is 1. The molecule has 2 heterocycles. The van der Waals surface area contributed by atoms with Gasteiger partial charge in [-0.15, -0.1) is 0 Å². The number of aromatic nitrogens is 3. The van der Waals surface area contributed by atoms with Gasteiger partial charge in [0.2, 0.25) is 0 Å². The highest BCUT2D eigenvalue weighted by molar-refractivity contribution is 6.30. The molecular weight excluding hydrogens is 416 g/mol. The van der Waals surface area contributed by atoms with Crippen molar-refractivity contribution >= 4 is 51.7 Å². The Morgan fingerprint density at radius 3 is 2.74 bits per heavy atom. The number of rotatable bonds is 7. The minimum Gasteiger partial charge on any atom is -0.385 e. The van der Waals surface area contributed by atoms with Crippen LogP contribution in [0.15, 0.2) is 53.6 Å². The van der Waals surface area contributed by atoms with E-state index in [0.29, 0.717) is 46.8 Å². The normalized spacial score (nSPS) is 11.5. The summed E-state index contributed by atoms with van der Waals surface area (Å²) >= 11 is 6.06. The van der Waals surface area contributed by atoms with Crippen LogP contribution < -0.4 is 11.1 Å². The van der Waals surface area contributed by atoms with E-state index >= 15 is 0 Å². The number of carbonyl (C=O) groups excluding carboxylic acids is 1. The van der Waals surface area contributed by atoms with Crippen molar-refractivity contribution in [3.63, 3.8) is 0 Å². The summed E-state index contributed by atoms with van der Waals surface area (Å²) in [6, 6.07) is 14.7. The van der Waals surface area contributed by atoms with E-state index in [1.165, 1.54) is 4.68 Å². The molecule has 2 aromatic carbocycles. The van der Waals surface area contributed by atoms with Crippen LogP contribution in [0.2, 0.25) is 5.02 Å². The van der Waals surface area contributed by atoms with E-state index in [0.717, 1.165) is 5.56 Å². The number of anilines is 1. The van der Waals surface area contributed by atoms with Gasteiger partial charge in [0.05, 0.1) is 17.2 Å². The van der Waals surface area contributed by atoms with Gasteiger partial charge in [-0.3, -0.25) is 4.79 Å². The van der Waals surface area contributed by atoms with E-state index < -0.39 is 0 Å². The van der Waals surface area contributed by atoms with E-state index in [4.69, 9.17) is 22.1 Å². The third-order valence-electron chi connectivity index (χ3n) is 4.68. The fourth-order valence-corrected chi connectivity index (χ4v) is 3.41. The molecule has 0 atom stereocenters. The molecule has 4 rings (SSSR count). The predicted molar refractivity (Wildman–Crippen MR) is 123 cm³/mol. The van der Waals surface area contributed by atoms with Crippen molar-refractivity contribution in [3.8, 4) is 0 Å². The van der Waals surface area contributed by atoms with Crippen LogP contribution in [0, 0.1) is 0 Å². The van der Waals surface area contributed by atoms with E-state index in [1.54, 1.807) is 25.5 Å². The number of benzene rings is 2. The highest BCUT2D eigenvalue weighted by Gasteiger charge is 2.23. The molecule has 0 unspecified atom stereocenters. The standard InChI is InChI=1S/C22H21ClN6O2/c1-31-11-5-10-25-22(30)18-19-21(28-17-9-3-2-8-16(17)27-19)29(20(18)24)26-13-14-6-4-7-15(23)12-14/h2-4,6-9,12-13H,5,10-11,24H2,1H3,(H,25,30)/b26-13-. The van der Waals surface area contributed by atoms with Gasteiger partial charge < -0.3 is 15.8 Å². The number of halogens is 1. The summed E-state index contributed by atoms with van der Waals surface area (Å²) in [6.45, 7) is 0.997. The zero-order valence-corrected chi connectivity index (χ0v) is 17.6. The van der Waals surface area contributed by atoms with Gasteiger partial charge in [-0.25, -0.2) is 9.97 Å². The van der Waals surface area contributed by atoms with Gasteiger partial charge in [0.25, 0.3) is 5.91 Å². The lowest BCUT2D eigenvalue weighted by molar-refractivity contribution is 0.0951. The van der Waals surface area contributed by atoms with Gasteiger partial charge in [0.15, 0.2) is 5.65 Å². The van der Waals surface area contributed by atoms with Crippen molar-refractivity contribution < 1.29 is 9.53 Å². The second-order valence-corrected chi connectivity index (χ2v) is 7.29. The van der Waals surface area contributed by atoms with Crippen LogP contribution in [0.25, 0.3) is 22.2 Å². The molecule has 4 aromatic rings. The van der Waals surface area contributed by atoms with Crippen molar-refractivity contribution in [2.75, 3.05) is 26.0 Å². The number of fused-ring (bicyclic) bond motifs is 2. The molecular formula is C22H21ClN6O2. The highest BCUT2D eigenvalue weighted by atomic mass is 35.5. The fourth-order valence-electron chi connectivity index (χ4n) is 3.21. The Kier molecular flexibility index (Phi) is 6.11. The lowest BCUT2D eigenvalue weighted by Crippen LogP contribution is -2.26. The highest BCUT2D eigenvalue weighted by Crippen LogP contribution is 2.27. The topological polar surface area (TPSA) is 107 Å². The van der Waals surface area contributed by atoms with Crippen molar-refractivity contribution in [2.45, 2.75) is 6.42 Å². The molecule has 0 aliphatic heterocycles. The molecule has 0 saturated carbocycles. The first-order chi connectivity index (χ1) is 15.1. The zero-order chi connectivity index (χ0) is 21.8. The summed E-state index contributed by atoms with van der Waals surface area (Å²) in [6.07, 6.45) is 2.29. The van der Waals surface area contributed by atoms with Crippen LogP contribution in [-0.2, 0) is 4.74 Å². The van der Waals surface area contributed by atoms with Gasteiger partial charge in [-0.1, -0.05) is 35.9 Å². The third kappa shape index (κ3) is 4.35. The second-order valence-electron chi connectivity index (χ2n) is 6.86. The molecule has 0 aliphatic carbocycles. The second kappa shape index (κ2) is 9.11. The van der Waals surface area contributed by atoms with Crippen LogP contribution in [-0.4, -0.2) is 47.0 Å². The molecule has 1 amide bonds. The first-order valence-electron chi connectivity index (χ1n) is 9.72. The molecule has 0 aliphatic rings. The number of hydrogen-bond donors (Lipinski definition) is 2. The quantitative estimate of drug-likeness (QED) is 0.340. The van der Waals surface area contributed by atoms with Crippen molar-refractivity contribution in [1.29, 1.82) is 0 Å². The van der Waals surface area contributed by atoms with E-state index in [1.807, 2.05) is 36.4 Å². The van der Waals surface area contributed by atoms with Crippen molar-refractivity contribution in [1.82, 2.24) is 20.0 Å². The van der Waals surface area contributed by atoms with Crippen molar-refractivity contribution in [3.05, 3.63) is 64.7 Å². The van der Waals surface area contributed by atoms with E-state index in [9.17, 15) is 4.79 Å². The summed E-state index contributed by atoms with van der Waals surface area (Å²) in [5, 5.41) is 7.92. The number of amides is 1. The number of nitrogens with one attached hydrogen (secondary N) is 1. The lowest BCUT2D eigenvalue weighted by Gasteiger charge is -2.05. The Labute approximate surface area is 183 Å². The summed E-state index contributed by atoms with van der Waals surface area (Å²) in [4.78, 5) is 22.2. The summed E-state index contributed by atoms with van der Waals surface area (Å²) < 4.78 is 6.46. The van der Waals surface area contributed by atoms with Crippen LogP contribution in [0.4, 0.5) is 5.82 Å². The van der Waals surface area contributed by atoms with Crippen LogP contribution >= 0.6 is 11.6 Å². The molecule has 2 aromatic heterocycles. The average Bonchev–Trinajstić information content (AvgIpc) is 3.04. The number of carbonyl (C=O) groups is 1. The molecule has 0 bridgehead atoms. The van der Waals surface area contributed by atoms with Gasteiger partial charge in [-0.05, 0) is 36.2 Å². The smallest absolute Gasteiger partial charge is 0.257 e. The zero-order valence-electron chi connectivity index (χ0n) is 16.9. The maximum absolute atomic E-state index is 12.9. The predicted octanol–water partition coefficient (Wildman–Crippen LogP) is 3.47. The number of nitrogen functional groups attached to an aromatic ring is 1. The van der Waals surface area contributed by atoms with Crippen LogP contribution in [0.1, 0.15) is 22.3 Å². The minimum atomic E-state index is -0.333. The van der Waals surface area contributed by atoms with Crippen LogP contribution in [0.3, 0.4) is 0 Å². The maximum Gasteiger partial charge on any atom is 0.257 e. The Balaban J connectivity index is 1.81. The summed E-state index contributed by atoms with van der Waals surface area (Å²) in [5.41, 5.74) is 9.53. The molecule has 9 heteroatoms. The Morgan fingerprint density at radius 1 is 1.23 bits per heavy atom. The SMILES string of the molecule is COCCCNC(=O)c1c(N)n(/N=C\c2cccc(Cl)c2)c2nc3ccccc3nc12. The molecule has 3 N–H and O–H groups in total. The van der Waals surface area contributed by atoms with Gasteiger partial charge in [0, 0.05) is 25.3 Å². The van der Waals surface area contributed by atoms with E-state index in [2.05, 4.69) is 20.4 Å². The Bertz CT molecular complexity index is 1280. The molecule has 0 fully saturated rings. The van der Waals surface area contributed by atoms with Gasteiger partial charge in [0.1, 0.15) is 16.9 Å². The number of nitrogens with zero attached hydrogens (tertiary/aromatic N) is 4. The van der Waals surface area contributed by atoms with E-state index in [-0.39, 0.29) is 17.3 Å². The molecule has 31 heavy (non-hydrogen) atoms. The molecule has 158 valence electrons. The number of hydrogen-bond acceptors (Lipinski definition) is 6. The van der Waals surface area contributed by atoms with Crippen LogP contribution in [0.5, 0.6) is 0 Å². The number of methoxy groups -OCH3 is 1.